The van der Waals surface area contributed by atoms with Gasteiger partial charge in [0.2, 0.25) is 0 Å². The molecule has 0 fully saturated rings. The number of methoxy groups -OCH3 is 1. The summed E-state index contributed by atoms with van der Waals surface area (Å²) in [7, 11) is 1.75. The fourth-order valence-corrected chi connectivity index (χ4v) is 2.30. The van der Waals surface area contributed by atoms with E-state index in [0.717, 1.165) is 25.9 Å². The zero-order valence-corrected chi connectivity index (χ0v) is 11.6. The highest BCUT2D eigenvalue weighted by Crippen LogP contribution is 2.12. The number of hydrogen-bond donors (Lipinski definition) is 2. The first-order chi connectivity index (χ1) is 8.76. The molecule has 0 saturated heterocycles. The number of aryl methyl sites for hydroxylation is 1. The molecule has 1 rings (SSSR count). The summed E-state index contributed by atoms with van der Waals surface area (Å²) in [4.78, 5) is 0. The highest BCUT2D eigenvalue weighted by atomic mass is 16.5. The predicted octanol–water partition coefficient (Wildman–Crippen LogP) is 2.51. The molecule has 0 amide bonds. The summed E-state index contributed by atoms with van der Waals surface area (Å²) >= 11 is 0. The van der Waals surface area contributed by atoms with Crippen molar-refractivity contribution in [2.24, 2.45) is 11.8 Å². The smallest absolute Gasteiger partial charge is 0.0488 e. The maximum Gasteiger partial charge on any atom is 0.0488 e. The van der Waals surface area contributed by atoms with E-state index in [1.165, 1.54) is 12.0 Å². The Kier molecular flexibility index (Phi) is 7.65. The average Bonchev–Trinajstić information content (AvgIpc) is 2.39. The first kappa shape index (κ1) is 15.2. The van der Waals surface area contributed by atoms with Gasteiger partial charge >= 0.3 is 0 Å². The normalized spacial score (nSPS) is 14.4. The molecule has 2 unspecified atom stereocenters. The number of hydrazine groups is 1. The molecule has 0 spiro atoms. The molecule has 0 aliphatic carbocycles. The lowest BCUT2D eigenvalue weighted by atomic mass is 9.97. The SMILES string of the molecule is COCC(C)CC(CCCc1ccccc1)NN. The molecule has 0 aliphatic rings. The van der Waals surface area contributed by atoms with E-state index in [-0.39, 0.29) is 0 Å². The van der Waals surface area contributed by atoms with Crippen molar-refractivity contribution in [1.29, 1.82) is 0 Å². The van der Waals surface area contributed by atoms with Crippen LogP contribution in [0.4, 0.5) is 0 Å². The largest absolute Gasteiger partial charge is 0.384 e. The van der Waals surface area contributed by atoms with E-state index in [4.69, 9.17) is 10.6 Å². The lowest BCUT2D eigenvalue weighted by molar-refractivity contribution is 0.148. The lowest BCUT2D eigenvalue weighted by Crippen LogP contribution is -2.36. The third kappa shape index (κ3) is 6.15. The van der Waals surface area contributed by atoms with Crippen LogP contribution in [0.1, 0.15) is 31.7 Å². The van der Waals surface area contributed by atoms with Crippen LogP contribution in [0, 0.1) is 5.92 Å². The van der Waals surface area contributed by atoms with Gasteiger partial charge in [0.05, 0.1) is 0 Å². The van der Waals surface area contributed by atoms with E-state index in [0.29, 0.717) is 12.0 Å². The standard InChI is InChI=1S/C15H26N2O/c1-13(12-18-2)11-15(17-16)10-6-9-14-7-4-3-5-8-14/h3-5,7-8,13,15,17H,6,9-12,16H2,1-2H3. The minimum Gasteiger partial charge on any atom is -0.384 e. The van der Waals surface area contributed by atoms with Crippen LogP contribution in [0.2, 0.25) is 0 Å². The molecule has 0 aromatic heterocycles. The number of nitrogens with one attached hydrogen (secondary N) is 1. The van der Waals surface area contributed by atoms with E-state index in [2.05, 4.69) is 42.7 Å². The molecule has 0 saturated carbocycles. The van der Waals surface area contributed by atoms with Crippen LogP contribution in [-0.2, 0) is 11.2 Å². The van der Waals surface area contributed by atoms with E-state index < -0.39 is 0 Å². The predicted molar refractivity (Wildman–Crippen MR) is 76.1 cm³/mol. The van der Waals surface area contributed by atoms with Crippen LogP contribution in [-0.4, -0.2) is 19.8 Å². The van der Waals surface area contributed by atoms with Gasteiger partial charge in [-0.1, -0.05) is 37.3 Å². The number of rotatable bonds is 9. The summed E-state index contributed by atoms with van der Waals surface area (Å²) in [5.41, 5.74) is 4.32. The fraction of sp³-hybridized carbons (Fsp3) is 0.600. The summed E-state index contributed by atoms with van der Waals surface area (Å²) in [6, 6.07) is 11.0. The Morgan fingerprint density at radius 3 is 2.61 bits per heavy atom. The second kappa shape index (κ2) is 9.09. The zero-order valence-electron chi connectivity index (χ0n) is 11.6. The molecule has 18 heavy (non-hydrogen) atoms. The van der Waals surface area contributed by atoms with E-state index in [1.54, 1.807) is 7.11 Å². The Morgan fingerprint density at radius 2 is 2.00 bits per heavy atom. The molecule has 0 aliphatic heterocycles. The van der Waals surface area contributed by atoms with Gasteiger partial charge < -0.3 is 4.74 Å². The van der Waals surface area contributed by atoms with Gasteiger partial charge in [-0.25, -0.2) is 0 Å². The van der Waals surface area contributed by atoms with E-state index >= 15 is 0 Å². The second-order valence-electron chi connectivity index (χ2n) is 5.04. The average molecular weight is 250 g/mol. The van der Waals surface area contributed by atoms with Gasteiger partial charge in [-0.2, -0.15) is 0 Å². The summed E-state index contributed by atoms with van der Waals surface area (Å²) in [5.74, 6) is 6.15. The molecule has 102 valence electrons. The molecular formula is C15H26N2O. The molecule has 0 radical (unpaired) electrons. The van der Waals surface area contributed by atoms with Crippen molar-refractivity contribution in [3.05, 3.63) is 35.9 Å². The van der Waals surface area contributed by atoms with Gasteiger partial charge in [-0.15, -0.1) is 0 Å². The van der Waals surface area contributed by atoms with Gasteiger partial charge in [0, 0.05) is 19.8 Å². The van der Waals surface area contributed by atoms with Crippen molar-refractivity contribution in [2.75, 3.05) is 13.7 Å². The quantitative estimate of drug-likeness (QED) is 0.523. The second-order valence-corrected chi connectivity index (χ2v) is 5.04. The minimum absolute atomic E-state index is 0.388. The monoisotopic (exact) mass is 250 g/mol. The Morgan fingerprint density at radius 1 is 1.28 bits per heavy atom. The number of benzene rings is 1. The molecule has 1 aromatic rings. The van der Waals surface area contributed by atoms with Crippen LogP contribution < -0.4 is 11.3 Å². The summed E-state index contributed by atoms with van der Waals surface area (Å²) in [6.07, 6.45) is 4.47. The summed E-state index contributed by atoms with van der Waals surface area (Å²) < 4.78 is 5.15. The fourth-order valence-electron chi connectivity index (χ4n) is 2.30. The van der Waals surface area contributed by atoms with Crippen molar-refractivity contribution in [3.63, 3.8) is 0 Å². The van der Waals surface area contributed by atoms with E-state index in [9.17, 15) is 0 Å². The number of ether oxygens (including phenoxy) is 1. The molecule has 3 nitrogen and oxygen atoms in total. The zero-order chi connectivity index (χ0) is 13.2. The van der Waals surface area contributed by atoms with E-state index in [1.807, 2.05) is 0 Å². The Balaban J connectivity index is 2.23. The molecule has 0 bridgehead atoms. The van der Waals surface area contributed by atoms with Crippen molar-refractivity contribution in [2.45, 2.75) is 38.6 Å². The molecule has 1 aromatic carbocycles. The van der Waals surface area contributed by atoms with Crippen molar-refractivity contribution in [1.82, 2.24) is 5.43 Å². The molecule has 2 atom stereocenters. The van der Waals surface area contributed by atoms with Gasteiger partial charge in [0.15, 0.2) is 0 Å². The van der Waals surface area contributed by atoms with Crippen LogP contribution in [0.3, 0.4) is 0 Å². The van der Waals surface area contributed by atoms with Crippen molar-refractivity contribution >= 4 is 0 Å². The molecule has 3 heteroatoms. The minimum atomic E-state index is 0.388. The van der Waals surface area contributed by atoms with Gasteiger partial charge in [-0.3, -0.25) is 11.3 Å². The first-order valence-electron chi connectivity index (χ1n) is 6.75. The topological polar surface area (TPSA) is 47.3 Å². The number of hydrogen-bond acceptors (Lipinski definition) is 3. The highest BCUT2D eigenvalue weighted by Gasteiger charge is 2.11. The van der Waals surface area contributed by atoms with Crippen molar-refractivity contribution < 1.29 is 4.74 Å². The lowest BCUT2D eigenvalue weighted by Gasteiger charge is -2.19. The summed E-state index contributed by atoms with van der Waals surface area (Å²) in [6.45, 7) is 3.00. The van der Waals surface area contributed by atoms with Crippen LogP contribution in [0.25, 0.3) is 0 Å². The van der Waals surface area contributed by atoms with Crippen LogP contribution in [0.15, 0.2) is 30.3 Å². The molecule has 0 heterocycles. The van der Waals surface area contributed by atoms with Gasteiger partial charge in [0.1, 0.15) is 0 Å². The van der Waals surface area contributed by atoms with Crippen LogP contribution in [0.5, 0.6) is 0 Å². The maximum atomic E-state index is 5.61. The third-order valence-electron chi connectivity index (χ3n) is 3.23. The van der Waals surface area contributed by atoms with Gasteiger partial charge in [0.25, 0.3) is 0 Å². The van der Waals surface area contributed by atoms with Gasteiger partial charge in [-0.05, 0) is 37.2 Å². The van der Waals surface area contributed by atoms with Crippen LogP contribution >= 0.6 is 0 Å². The van der Waals surface area contributed by atoms with Crippen molar-refractivity contribution in [3.8, 4) is 0 Å². The molecular weight excluding hydrogens is 224 g/mol. The summed E-state index contributed by atoms with van der Waals surface area (Å²) in [5, 5.41) is 0. The molecule has 3 N–H and O–H groups in total. The number of nitrogens with two attached hydrogens (primary N) is 1. The third-order valence-corrected chi connectivity index (χ3v) is 3.23. The maximum absolute atomic E-state index is 5.61. The Bertz CT molecular complexity index is 303. The highest BCUT2D eigenvalue weighted by molar-refractivity contribution is 5.14. The Hall–Kier alpha value is -0.900. The Labute approximate surface area is 111 Å². The first-order valence-corrected chi connectivity index (χ1v) is 6.75.